The summed E-state index contributed by atoms with van der Waals surface area (Å²) >= 11 is 0. The van der Waals surface area contributed by atoms with E-state index < -0.39 is 0 Å². The molecule has 1 fully saturated rings. The van der Waals surface area contributed by atoms with E-state index in [0.29, 0.717) is 48.6 Å². The number of nitriles is 1. The number of nitrogens with zero attached hydrogens (tertiary/aromatic N) is 5. The molecule has 2 aromatic carbocycles. The molecule has 7 nitrogen and oxygen atoms in total. The number of aliphatic hydroxyl groups excluding tert-OH is 1. The first-order chi connectivity index (χ1) is 13.6. The number of piperazine rings is 1. The number of rotatable bonds is 3. The lowest BCUT2D eigenvalue weighted by atomic mass is 10.1. The fraction of sp³-hybridized carbons (Fsp3) is 0.286. The highest BCUT2D eigenvalue weighted by molar-refractivity contribution is 5.97. The largest absolute Gasteiger partial charge is 0.388 e. The maximum absolute atomic E-state index is 12.9. The summed E-state index contributed by atoms with van der Waals surface area (Å²) in [5.41, 5.74) is 3.77. The minimum atomic E-state index is -0.138. The molecule has 0 spiro atoms. The molecule has 0 bridgehead atoms. The lowest BCUT2D eigenvalue weighted by Crippen LogP contribution is -2.49. The normalized spacial score (nSPS) is 14.3. The highest BCUT2D eigenvalue weighted by Crippen LogP contribution is 2.22. The van der Waals surface area contributed by atoms with E-state index in [1.165, 1.54) is 0 Å². The number of hydrogen-bond acceptors (Lipinski definition) is 5. The summed E-state index contributed by atoms with van der Waals surface area (Å²) in [6.45, 7) is 2.43. The predicted octanol–water partition coefficient (Wildman–Crippen LogP) is 1.90. The van der Waals surface area contributed by atoms with Gasteiger partial charge in [-0.3, -0.25) is 4.79 Å². The number of amides is 1. The maximum atomic E-state index is 12.9. The molecule has 2 heterocycles. The number of hydrogen-bond donors (Lipinski definition) is 1. The van der Waals surface area contributed by atoms with Gasteiger partial charge < -0.3 is 19.5 Å². The lowest BCUT2D eigenvalue weighted by Gasteiger charge is -2.36. The second-order valence-electron chi connectivity index (χ2n) is 6.86. The van der Waals surface area contributed by atoms with Crippen molar-refractivity contribution < 1.29 is 9.90 Å². The highest BCUT2D eigenvalue weighted by Gasteiger charge is 2.24. The first-order valence-electron chi connectivity index (χ1n) is 9.22. The molecule has 1 amide bonds. The molecule has 0 unspecified atom stereocenters. The van der Waals surface area contributed by atoms with E-state index in [1.54, 1.807) is 6.07 Å². The standard InChI is InChI=1S/C21H21N5O2/c1-24-19-7-6-15(12-17(19)23-20(24)14-27)21(28)26-10-8-25(9-11-26)18-5-3-2-4-16(18)13-22/h2-7,12,27H,8-11,14H2,1H3. The van der Waals surface area contributed by atoms with Crippen molar-refractivity contribution in [2.24, 2.45) is 7.05 Å². The van der Waals surface area contributed by atoms with Gasteiger partial charge in [0.25, 0.3) is 5.91 Å². The van der Waals surface area contributed by atoms with Gasteiger partial charge in [-0.15, -0.1) is 0 Å². The van der Waals surface area contributed by atoms with Crippen LogP contribution in [0.2, 0.25) is 0 Å². The van der Waals surface area contributed by atoms with Crippen molar-refractivity contribution in [3.63, 3.8) is 0 Å². The summed E-state index contributed by atoms with van der Waals surface area (Å²) in [6.07, 6.45) is 0. The van der Waals surface area contributed by atoms with Crippen LogP contribution < -0.4 is 4.90 Å². The number of fused-ring (bicyclic) bond motifs is 1. The Bertz CT molecular complexity index is 1070. The van der Waals surface area contributed by atoms with E-state index in [1.807, 2.05) is 52.9 Å². The van der Waals surface area contributed by atoms with Crippen LogP contribution in [-0.2, 0) is 13.7 Å². The van der Waals surface area contributed by atoms with Crippen LogP contribution in [0.4, 0.5) is 5.69 Å². The third-order valence-corrected chi connectivity index (χ3v) is 5.29. The van der Waals surface area contributed by atoms with Gasteiger partial charge in [-0.05, 0) is 30.3 Å². The number of benzene rings is 2. The first kappa shape index (κ1) is 18.0. The number of carbonyl (C=O) groups excluding carboxylic acids is 1. The third-order valence-electron chi connectivity index (χ3n) is 5.29. The van der Waals surface area contributed by atoms with Crippen molar-refractivity contribution in [1.29, 1.82) is 5.26 Å². The number of para-hydroxylation sites is 1. The molecule has 0 radical (unpaired) electrons. The molecule has 3 aromatic rings. The van der Waals surface area contributed by atoms with E-state index in [4.69, 9.17) is 0 Å². The van der Waals surface area contributed by atoms with Gasteiger partial charge in [0.15, 0.2) is 0 Å². The SMILES string of the molecule is Cn1c(CO)nc2cc(C(=O)N3CCN(c4ccccc4C#N)CC3)ccc21. The highest BCUT2D eigenvalue weighted by atomic mass is 16.3. The molecule has 142 valence electrons. The molecule has 7 heteroatoms. The van der Waals surface area contributed by atoms with Crippen LogP contribution in [0, 0.1) is 11.3 Å². The Labute approximate surface area is 163 Å². The van der Waals surface area contributed by atoms with Crippen LogP contribution in [-0.4, -0.2) is 51.6 Å². The van der Waals surface area contributed by atoms with Gasteiger partial charge >= 0.3 is 0 Å². The second kappa shape index (κ2) is 7.33. The summed E-state index contributed by atoms with van der Waals surface area (Å²) in [6, 6.07) is 15.2. The smallest absolute Gasteiger partial charge is 0.254 e. The minimum absolute atomic E-state index is 0.0219. The van der Waals surface area contributed by atoms with Crippen molar-refractivity contribution in [1.82, 2.24) is 14.5 Å². The van der Waals surface area contributed by atoms with Gasteiger partial charge in [0.1, 0.15) is 18.5 Å². The van der Waals surface area contributed by atoms with E-state index in [9.17, 15) is 15.2 Å². The molecule has 4 rings (SSSR count). The van der Waals surface area contributed by atoms with E-state index >= 15 is 0 Å². The van der Waals surface area contributed by atoms with Crippen molar-refractivity contribution in [2.45, 2.75) is 6.61 Å². The zero-order valence-corrected chi connectivity index (χ0v) is 15.7. The zero-order chi connectivity index (χ0) is 19.7. The molecule has 28 heavy (non-hydrogen) atoms. The van der Waals surface area contributed by atoms with E-state index in [2.05, 4.69) is 16.0 Å². The van der Waals surface area contributed by atoms with Gasteiger partial charge in [0.05, 0.1) is 22.3 Å². The predicted molar refractivity (Wildman–Crippen MR) is 106 cm³/mol. The molecule has 0 saturated carbocycles. The van der Waals surface area contributed by atoms with Gasteiger partial charge in [-0.1, -0.05) is 12.1 Å². The van der Waals surface area contributed by atoms with E-state index in [-0.39, 0.29) is 12.5 Å². The van der Waals surface area contributed by atoms with E-state index in [0.717, 1.165) is 11.2 Å². The molecule has 0 atom stereocenters. The van der Waals surface area contributed by atoms with Crippen LogP contribution in [0.3, 0.4) is 0 Å². The van der Waals surface area contributed by atoms with Gasteiger partial charge in [-0.2, -0.15) is 5.26 Å². The van der Waals surface area contributed by atoms with Crippen molar-refractivity contribution in [2.75, 3.05) is 31.1 Å². The number of aryl methyl sites for hydroxylation is 1. The zero-order valence-electron chi connectivity index (χ0n) is 15.7. The number of imidazole rings is 1. The summed E-state index contributed by atoms with van der Waals surface area (Å²) in [7, 11) is 1.85. The van der Waals surface area contributed by atoms with Crippen LogP contribution >= 0.6 is 0 Å². The Hall–Kier alpha value is -3.37. The average Bonchev–Trinajstić information content (AvgIpc) is 3.08. The average molecular weight is 375 g/mol. The fourth-order valence-corrected chi connectivity index (χ4v) is 3.70. The van der Waals surface area contributed by atoms with Gasteiger partial charge in [0.2, 0.25) is 0 Å². The maximum Gasteiger partial charge on any atom is 0.254 e. The van der Waals surface area contributed by atoms with Crippen molar-refractivity contribution in [3.05, 3.63) is 59.4 Å². The Morgan fingerprint density at radius 1 is 1.18 bits per heavy atom. The topological polar surface area (TPSA) is 85.4 Å². The second-order valence-corrected chi connectivity index (χ2v) is 6.86. The molecule has 1 N–H and O–H groups in total. The number of anilines is 1. The van der Waals surface area contributed by atoms with Crippen LogP contribution in [0.15, 0.2) is 42.5 Å². The van der Waals surface area contributed by atoms with Gasteiger partial charge in [0, 0.05) is 38.8 Å². The Morgan fingerprint density at radius 2 is 1.93 bits per heavy atom. The molecule has 1 aliphatic rings. The summed E-state index contributed by atoms with van der Waals surface area (Å²) in [4.78, 5) is 21.3. The fourth-order valence-electron chi connectivity index (χ4n) is 3.70. The van der Waals surface area contributed by atoms with Crippen LogP contribution in [0.25, 0.3) is 11.0 Å². The molecule has 1 aromatic heterocycles. The first-order valence-corrected chi connectivity index (χ1v) is 9.22. The van der Waals surface area contributed by atoms with Crippen molar-refractivity contribution in [3.8, 4) is 6.07 Å². The molecule has 1 aliphatic heterocycles. The number of aliphatic hydroxyl groups is 1. The van der Waals surface area contributed by atoms with Crippen LogP contribution in [0.5, 0.6) is 0 Å². The van der Waals surface area contributed by atoms with Crippen LogP contribution in [0.1, 0.15) is 21.7 Å². The number of aromatic nitrogens is 2. The van der Waals surface area contributed by atoms with Crippen molar-refractivity contribution >= 4 is 22.6 Å². The Morgan fingerprint density at radius 3 is 2.64 bits per heavy atom. The summed E-state index contributed by atoms with van der Waals surface area (Å²) in [5.74, 6) is 0.552. The quantitative estimate of drug-likeness (QED) is 0.756. The summed E-state index contributed by atoms with van der Waals surface area (Å²) in [5, 5.41) is 18.7. The minimum Gasteiger partial charge on any atom is -0.388 e. The molecule has 0 aliphatic carbocycles. The summed E-state index contributed by atoms with van der Waals surface area (Å²) < 4.78 is 1.83. The Kier molecular flexibility index (Phi) is 4.72. The molecular weight excluding hydrogens is 354 g/mol. The third kappa shape index (κ3) is 3.08. The number of carbonyl (C=O) groups is 1. The van der Waals surface area contributed by atoms with Gasteiger partial charge in [-0.25, -0.2) is 4.98 Å². The molecule has 1 saturated heterocycles. The monoisotopic (exact) mass is 375 g/mol. The lowest BCUT2D eigenvalue weighted by molar-refractivity contribution is 0.0747. The molecular formula is C21H21N5O2. The Balaban J connectivity index is 1.50.